The fraction of sp³-hybridized carbons (Fsp3) is 0.438. The first-order valence-electron chi connectivity index (χ1n) is 6.88. The molecule has 0 saturated heterocycles. The van der Waals surface area contributed by atoms with Crippen LogP contribution in [0.25, 0.3) is 5.57 Å². The summed E-state index contributed by atoms with van der Waals surface area (Å²) in [6.45, 7) is 5.11. The predicted octanol–water partition coefficient (Wildman–Crippen LogP) is 3.62. The minimum atomic E-state index is 0.216. The lowest BCUT2D eigenvalue weighted by Gasteiger charge is -2.16. The Morgan fingerprint density at radius 2 is 1.79 bits per heavy atom. The highest BCUT2D eigenvalue weighted by Gasteiger charge is 2.14. The standard InChI is InChI=1S/C16H20O3/c1-3-18-15-9-8-13(11-16(15)19-4-2)12-6-5-7-14(17)10-12/h8-11H,3-7H2,1-2H3. The van der Waals surface area contributed by atoms with Crippen LogP contribution in [-0.2, 0) is 4.79 Å². The molecule has 0 radical (unpaired) electrons. The van der Waals surface area contributed by atoms with Gasteiger partial charge in [-0.05, 0) is 56.0 Å². The van der Waals surface area contributed by atoms with Gasteiger partial charge in [-0.25, -0.2) is 0 Å². The van der Waals surface area contributed by atoms with E-state index in [4.69, 9.17) is 9.47 Å². The zero-order valence-electron chi connectivity index (χ0n) is 11.6. The van der Waals surface area contributed by atoms with E-state index in [1.165, 1.54) is 0 Å². The minimum absolute atomic E-state index is 0.216. The molecule has 2 rings (SSSR count). The lowest BCUT2D eigenvalue weighted by molar-refractivity contribution is -0.114. The van der Waals surface area contributed by atoms with Gasteiger partial charge < -0.3 is 9.47 Å². The highest BCUT2D eigenvalue weighted by Crippen LogP contribution is 2.33. The van der Waals surface area contributed by atoms with E-state index in [-0.39, 0.29) is 5.78 Å². The highest BCUT2D eigenvalue weighted by atomic mass is 16.5. The Bertz CT molecular complexity index is 489. The number of rotatable bonds is 5. The molecule has 0 spiro atoms. The lowest BCUT2D eigenvalue weighted by atomic mass is 9.93. The van der Waals surface area contributed by atoms with Gasteiger partial charge in [0.1, 0.15) is 0 Å². The Hall–Kier alpha value is -1.77. The maximum atomic E-state index is 11.5. The topological polar surface area (TPSA) is 35.5 Å². The molecule has 3 heteroatoms. The highest BCUT2D eigenvalue weighted by molar-refractivity contribution is 5.98. The summed E-state index contributed by atoms with van der Waals surface area (Å²) >= 11 is 0. The summed E-state index contributed by atoms with van der Waals surface area (Å²) in [6, 6.07) is 5.89. The summed E-state index contributed by atoms with van der Waals surface area (Å²) in [4.78, 5) is 11.5. The van der Waals surface area contributed by atoms with Crippen LogP contribution >= 0.6 is 0 Å². The molecule has 0 aliphatic heterocycles. The number of benzene rings is 1. The summed E-state index contributed by atoms with van der Waals surface area (Å²) in [7, 11) is 0. The van der Waals surface area contributed by atoms with Gasteiger partial charge in [0.05, 0.1) is 13.2 Å². The lowest BCUT2D eigenvalue weighted by Crippen LogP contribution is -2.03. The van der Waals surface area contributed by atoms with Crippen molar-refractivity contribution in [1.29, 1.82) is 0 Å². The molecule has 19 heavy (non-hydrogen) atoms. The van der Waals surface area contributed by atoms with Crippen molar-refractivity contribution in [1.82, 2.24) is 0 Å². The summed E-state index contributed by atoms with van der Waals surface area (Å²) in [5, 5.41) is 0. The maximum absolute atomic E-state index is 11.5. The van der Waals surface area contributed by atoms with E-state index in [0.29, 0.717) is 19.6 Å². The molecule has 1 aliphatic carbocycles. The third-order valence-corrected chi connectivity index (χ3v) is 3.12. The molecule has 0 unspecified atom stereocenters. The van der Waals surface area contributed by atoms with E-state index in [0.717, 1.165) is 35.5 Å². The average molecular weight is 260 g/mol. The summed E-state index contributed by atoms with van der Waals surface area (Å²) in [5.74, 6) is 1.73. The van der Waals surface area contributed by atoms with Crippen LogP contribution in [-0.4, -0.2) is 19.0 Å². The Kier molecular flexibility index (Phi) is 4.61. The molecule has 1 aromatic carbocycles. The largest absolute Gasteiger partial charge is 0.490 e. The molecule has 0 atom stereocenters. The van der Waals surface area contributed by atoms with Crippen LogP contribution in [0.2, 0.25) is 0 Å². The second kappa shape index (κ2) is 6.41. The van der Waals surface area contributed by atoms with Gasteiger partial charge in [0, 0.05) is 6.42 Å². The SMILES string of the molecule is CCOc1ccc(C2=CC(=O)CCC2)cc1OCC. The van der Waals surface area contributed by atoms with E-state index in [2.05, 4.69) is 0 Å². The van der Waals surface area contributed by atoms with Crippen LogP contribution in [0.3, 0.4) is 0 Å². The van der Waals surface area contributed by atoms with Crippen LogP contribution in [0.1, 0.15) is 38.7 Å². The van der Waals surface area contributed by atoms with Gasteiger partial charge in [-0.2, -0.15) is 0 Å². The van der Waals surface area contributed by atoms with Crippen molar-refractivity contribution in [3.05, 3.63) is 29.8 Å². The van der Waals surface area contributed by atoms with Gasteiger partial charge in [0.2, 0.25) is 0 Å². The molecule has 0 aromatic heterocycles. The molecule has 102 valence electrons. The van der Waals surface area contributed by atoms with Gasteiger partial charge in [-0.15, -0.1) is 0 Å². The first kappa shape index (κ1) is 13.7. The second-order valence-corrected chi connectivity index (χ2v) is 4.52. The van der Waals surface area contributed by atoms with Gasteiger partial charge in [-0.1, -0.05) is 6.07 Å². The summed E-state index contributed by atoms with van der Waals surface area (Å²) in [5.41, 5.74) is 2.15. The van der Waals surface area contributed by atoms with Crippen LogP contribution in [0.15, 0.2) is 24.3 Å². The van der Waals surface area contributed by atoms with Gasteiger partial charge in [0.25, 0.3) is 0 Å². The van der Waals surface area contributed by atoms with Crippen molar-refractivity contribution in [2.45, 2.75) is 33.1 Å². The molecule has 0 bridgehead atoms. The molecule has 3 nitrogen and oxygen atoms in total. The fourth-order valence-electron chi connectivity index (χ4n) is 2.27. The van der Waals surface area contributed by atoms with Crippen LogP contribution in [0, 0.1) is 0 Å². The number of carbonyl (C=O) groups is 1. The number of hydrogen-bond acceptors (Lipinski definition) is 3. The summed E-state index contributed by atoms with van der Waals surface area (Å²) < 4.78 is 11.2. The van der Waals surface area contributed by atoms with Crippen molar-refractivity contribution >= 4 is 11.4 Å². The van der Waals surface area contributed by atoms with Crippen molar-refractivity contribution in [2.75, 3.05) is 13.2 Å². The van der Waals surface area contributed by atoms with Crippen molar-refractivity contribution in [3.8, 4) is 11.5 Å². The molecule has 0 heterocycles. The van der Waals surface area contributed by atoms with Crippen molar-refractivity contribution in [2.24, 2.45) is 0 Å². The average Bonchev–Trinajstić information content (AvgIpc) is 2.41. The van der Waals surface area contributed by atoms with E-state index >= 15 is 0 Å². The molecule has 0 fully saturated rings. The first-order chi connectivity index (χ1) is 9.24. The Morgan fingerprint density at radius 3 is 2.47 bits per heavy atom. The third kappa shape index (κ3) is 3.37. The summed E-state index contributed by atoms with van der Waals surface area (Å²) in [6.07, 6.45) is 4.31. The van der Waals surface area contributed by atoms with E-state index in [9.17, 15) is 4.79 Å². The van der Waals surface area contributed by atoms with Gasteiger partial charge in [0.15, 0.2) is 17.3 Å². The third-order valence-electron chi connectivity index (χ3n) is 3.12. The van der Waals surface area contributed by atoms with E-state index in [1.54, 1.807) is 6.08 Å². The molecular formula is C16H20O3. The Balaban J connectivity index is 2.31. The Labute approximate surface area is 114 Å². The van der Waals surface area contributed by atoms with E-state index in [1.807, 2.05) is 32.0 Å². The normalized spacial score (nSPS) is 15.1. The quantitative estimate of drug-likeness (QED) is 0.811. The zero-order valence-corrected chi connectivity index (χ0v) is 11.6. The number of hydrogen-bond donors (Lipinski definition) is 0. The molecule has 0 saturated carbocycles. The van der Waals surface area contributed by atoms with Gasteiger partial charge >= 0.3 is 0 Å². The number of carbonyl (C=O) groups excluding carboxylic acids is 1. The molecule has 0 N–H and O–H groups in total. The predicted molar refractivity (Wildman–Crippen MR) is 75.6 cm³/mol. The number of allylic oxidation sites excluding steroid dienone is 2. The van der Waals surface area contributed by atoms with Crippen LogP contribution in [0.5, 0.6) is 11.5 Å². The minimum Gasteiger partial charge on any atom is -0.490 e. The van der Waals surface area contributed by atoms with Crippen LogP contribution < -0.4 is 9.47 Å². The number of ketones is 1. The molecule has 1 aromatic rings. The zero-order chi connectivity index (χ0) is 13.7. The van der Waals surface area contributed by atoms with Crippen LogP contribution in [0.4, 0.5) is 0 Å². The molecule has 0 amide bonds. The second-order valence-electron chi connectivity index (χ2n) is 4.52. The molecule has 1 aliphatic rings. The Morgan fingerprint density at radius 1 is 1.05 bits per heavy atom. The molecular weight excluding hydrogens is 240 g/mol. The van der Waals surface area contributed by atoms with Crippen molar-refractivity contribution < 1.29 is 14.3 Å². The van der Waals surface area contributed by atoms with Crippen molar-refractivity contribution in [3.63, 3.8) is 0 Å². The maximum Gasteiger partial charge on any atom is 0.161 e. The van der Waals surface area contributed by atoms with Gasteiger partial charge in [-0.3, -0.25) is 4.79 Å². The van der Waals surface area contributed by atoms with E-state index < -0.39 is 0 Å². The smallest absolute Gasteiger partial charge is 0.161 e. The number of ether oxygens (including phenoxy) is 2. The monoisotopic (exact) mass is 260 g/mol. The first-order valence-corrected chi connectivity index (χ1v) is 6.88. The fourth-order valence-corrected chi connectivity index (χ4v) is 2.27.